The maximum Gasteiger partial charge on any atom is 0.243 e. The van der Waals surface area contributed by atoms with Gasteiger partial charge in [0, 0.05) is 18.6 Å². The van der Waals surface area contributed by atoms with Crippen LogP contribution in [0.15, 0.2) is 23.1 Å². The molecule has 0 saturated heterocycles. The average molecular weight is 313 g/mol. The Bertz CT molecular complexity index is 646. The Hall–Kier alpha value is -0.980. The number of halogens is 1. The summed E-state index contributed by atoms with van der Waals surface area (Å²) in [5, 5.41) is 9.52. The lowest BCUT2D eigenvalue weighted by molar-refractivity contribution is 0.153. The number of hydrogen-bond acceptors (Lipinski definition) is 3. The number of aliphatic hydroxyl groups excluding tert-OH is 1. The van der Waals surface area contributed by atoms with E-state index in [1.54, 1.807) is 13.0 Å². The van der Waals surface area contributed by atoms with Crippen LogP contribution in [0.25, 0.3) is 0 Å². The number of rotatable bonds is 4. The predicted octanol–water partition coefficient (Wildman–Crippen LogP) is 1.82. The van der Waals surface area contributed by atoms with Gasteiger partial charge in [0.1, 0.15) is 10.7 Å². The van der Waals surface area contributed by atoms with Crippen LogP contribution in [0.5, 0.6) is 0 Å². The monoisotopic (exact) mass is 313 g/mol. The minimum Gasteiger partial charge on any atom is -0.396 e. The standard InChI is InChI=1S/C15H20FNO3S/c1-9-2-5-13(16)14(6-9)21(19,20)17-15-11-4-3-10(7-11)12(15)8-18/h2,5-6,10-12,15,17-18H,3-4,7-8H2,1H3. The molecule has 1 aromatic carbocycles. The Morgan fingerprint density at radius 3 is 2.76 bits per heavy atom. The van der Waals surface area contributed by atoms with Crippen molar-refractivity contribution < 1.29 is 17.9 Å². The topological polar surface area (TPSA) is 66.4 Å². The van der Waals surface area contributed by atoms with Crippen molar-refractivity contribution in [1.82, 2.24) is 4.72 Å². The molecule has 4 nitrogen and oxygen atoms in total. The van der Waals surface area contributed by atoms with Gasteiger partial charge >= 0.3 is 0 Å². The fraction of sp³-hybridized carbons (Fsp3) is 0.600. The molecule has 2 aliphatic carbocycles. The molecule has 0 radical (unpaired) electrons. The fourth-order valence-corrected chi connectivity index (χ4v) is 5.43. The van der Waals surface area contributed by atoms with Gasteiger partial charge in [-0.2, -0.15) is 0 Å². The first-order valence-electron chi connectivity index (χ1n) is 7.31. The van der Waals surface area contributed by atoms with Crippen molar-refractivity contribution in [2.45, 2.75) is 37.1 Å². The van der Waals surface area contributed by atoms with Crippen molar-refractivity contribution in [2.75, 3.05) is 6.61 Å². The molecular formula is C15H20FNO3S. The summed E-state index contributed by atoms with van der Waals surface area (Å²) in [5.41, 5.74) is 0.698. The molecule has 0 aromatic heterocycles. The van der Waals surface area contributed by atoms with Gasteiger partial charge in [0.25, 0.3) is 0 Å². The minimum atomic E-state index is -3.90. The van der Waals surface area contributed by atoms with Crippen molar-refractivity contribution >= 4 is 10.0 Å². The number of aliphatic hydroxyl groups is 1. The van der Waals surface area contributed by atoms with Gasteiger partial charge in [-0.05, 0) is 55.7 Å². The van der Waals surface area contributed by atoms with E-state index >= 15 is 0 Å². The highest BCUT2D eigenvalue weighted by molar-refractivity contribution is 7.89. The summed E-state index contributed by atoms with van der Waals surface area (Å²) >= 11 is 0. The Morgan fingerprint density at radius 1 is 1.33 bits per heavy atom. The zero-order chi connectivity index (χ0) is 15.2. The molecule has 2 bridgehead atoms. The van der Waals surface area contributed by atoms with Crippen molar-refractivity contribution in [1.29, 1.82) is 0 Å². The highest BCUT2D eigenvalue weighted by Crippen LogP contribution is 2.48. The Balaban J connectivity index is 1.88. The first-order chi connectivity index (χ1) is 9.92. The minimum absolute atomic E-state index is 0.0232. The quantitative estimate of drug-likeness (QED) is 0.891. The SMILES string of the molecule is Cc1ccc(F)c(S(=O)(=O)NC2C3CCC(C3)C2CO)c1. The van der Waals surface area contributed by atoms with Crippen LogP contribution in [0.3, 0.4) is 0 Å². The Morgan fingerprint density at radius 2 is 2.05 bits per heavy atom. The van der Waals surface area contributed by atoms with Gasteiger partial charge in [0.15, 0.2) is 0 Å². The van der Waals surface area contributed by atoms with E-state index in [9.17, 15) is 17.9 Å². The first-order valence-corrected chi connectivity index (χ1v) is 8.80. The summed E-state index contributed by atoms with van der Waals surface area (Å²) in [6, 6.07) is 3.79. The largest absolute Gasteiger partial charge is 0.396 e. The second-order valence-electron chi connectivity index (χ2n) is 6.26. The first kappa shape index (κ1) is 14.9. The van der Waals surface area contributed by atoms with Gasteiger partial charge in [-0.25, -0.2) is 17.5 Å². The number of hydrogen-bond donors (Lipinski definition) is 2. The maximum absolute atomic E-state index is 13.8. The van der Waals surface area contributed by atoms with E-state index in [1.807, 2.05) is 0 Å². The van der Waals surface area contributed by atoms with Crippen LogP contribution < -0.4 is 4.72 Å². The third-order valence-electron chi connectivity index (χ3n) is 4.97. The van der Waals surface area contributed by atoms with Gasteiger partial charge in [0.2, 0.25) is 10.0 Å². The molecule has 6 heteroatoms. The van der Waals surface area contributed by atoms with E-state index in [4.69, 9.17) is 0 Å². The van der Waals surface area contributed by atoms with Crippen molar-refractivity contribution in [3.8, 4) is 0 Å². The number of fused-ring (bicyclic) bond motifs is 2. The van der Waals surface area contributed by atoms with Gasteiger partial charge in [0.05, 0.1) is 0 Å². The summed E-state index contributed by atoms with van der Waals surface area (Å²) in [7, 11) is -3.90. The van der Waals surface area contributed by atoms with Crippen molar-refractivity contribution in [3.05, 3.63) is 29.6 Å². The second kappa shape index (κ2) is 5.34. The molecule has 0 aliphatic heterocycles. The number of sulfonamides is 1. The van der Waals surface area contributed by atoms with Crippen molar-refractivity contribution in [2.24, 2.45) is 17.8 Å². The zero-order valence-corrected chi connectivity index (χ0v) is 12.7. The van der Waals surface area contributed by atoms with Crippen molar-refractivity contribution in [3.63, 3.8) is 0 Å². The molecule has 0 heterocycles. The zero-order valence-electron chi connectivity index (χ0n) is 11.9. The lowest BCUT2D eigenvalue weighted by Gasteiger charge is -2.30. The van der Waals surface area contributed by atoms with Gasteiger partial charge < -0.3 is 5.11 Å². The summed E-state index contributed by atoms with van der Waals surface area (Å²) < 4.78 is 41.4. The molecular weight excluding hydrogens is 293 g/mol. The van der Waals surface area contributed by atoms with Crippen LogP contribution in [-0.4, -0.2) is 26.2 Å². The van der Waals surface area contributed by atoms with E-state index < -0.39 is 15.8 Å². The molecule has 1 aromatic rings. The van der Waals surface area contributed by atoms with Crippen LogP contribution in [0, 0.1) is 30.5 Å². The average Bonchev–Trinajstić information content (AvgIpc) is 3.02. The lowest BCUT2D eigenvalue weighted by Crippen LogP contribution is -2.45. The summed E-state index contributed by atoms with van der Waals surface area (Å²) in [6.07, 6.45) is 2.98. The molecule has 0 amide bonds. The van der Waals surface area contributed by atoms with E-state index in [2.05, 4.69) is 4.72 Å². The number of benzene rings is 1. The molecule has 3 rings (SSSR count). The summed E-state index contributed by atoms with van der Waals surface area (Å²) in [5.74, 6) is -0.145. The fourth-order valence-electron chi connectivity index (χ4n) is 3.92. The third kappa shape index (κ3) is 2.60. The molecule has 116 valence electrons. The third-order valence-corrected chi connectivity index (χ3v) is 6.44. The molecule has 0 spiro atoms. The van der Waals surface area contributed by atoms with Crippen LogP contribution in [0.2, 0.25) is 0 Å². The normalized spacial score (nSPS) is 31.8. The van der Waals surface area contributed by atoms with Crippen LogP contribution in [-0.2, 0) is 10.0 Å². The van der Waals surface area contributed by atoms with Gasteiger partial charge in [-0.3, -0.25) is 0 Å². The molecule has 2 N–H and O–H groups in total. The predicted molar refractivity (Wildman–Crippen MR) is 76.7 cm³/mol. The van der Waals surface area contributed by atoms with E-state index in [0.717, 1.165) is 19.3 Å². The highest BCUT2D eigenvalue weighted by Gasteiger charge is 2.48. The smallest absolute Gasteiger partial charge is 0.243 e. The number of nitrogens with one attached hydrogen (secondary N) is 1. The Kier molecular flexibility index (Phi) is 3.80. The lowest BCUT2D eigenvalue weighted by atomic mass is 9.86. The van der Waals surface area contributed by atoms with Crippen LogP contribution in [0.1, 0.15) is 24.8 Å². The maximum atomic E-state index is 13.8. The molecule has 4 unspecified atom stereocenters. The molecule has 21 heavy (non-hydrogen) atoms. The van der Waals surface area contributed by atoms with E-state index in [0.29, 0.717) is 11.5 Å². The molecule has 2 fully saturated rings. The molecule has 2 saturated carbocycles. The number of aryl methyl sites for hydroxylation is 1. The van der Waals surface area contributed by atoms with Crippen LogP contribution >= 0.6 is 0 Å². The summed E-state index contributed by atoms with van der Waals surface area (Å²) in [6.45, 7) is 1.71. The summed E-state index contributed by atoms with van der Waals surface area (Å²) in [4.78, 5) is -0.304. The molecule has 2 aliphatic rings. The van der Waals surface area contributed by atoms with E-state index in [-0.39, 0.29) is 29.4 Å². The van der Waals surface area contributed by atoms with Gasteiger partial charge in [-0.1, -0.05) is 6.07 Å². The Labute approximate surface area is 124 Å². The van der Waals surface area contributed by atoms with E-state index in [1.165, 1.54) is 12.1 Å². The van der Waals surface area contributed by atoms with Gasteiger partial charge in [-0.15, -0.1) is 0 Å². The second-order valence-corrected chi connectivity index (χ2v) is 7.94. The molecule has 4 atom stereocenters. The van der Waals surface area contributed by atoms with Crippen LogP contribution in [0.4, 0.5) is 4.39 Å². The highest BCUT2D eigenvalue weighted by atomic mass is 32.2.